The first-order valence-corrected chi connectivity index (χ1v) is 10.1. The molecule has 3 aromatic carbocycles. The predicted octanol–water partition coefficient (Wildman–Crippen LogP) is 4.85. The van der Waals surface area contributed by atoms with E-state index in [2.05, 4.69) is 15.5 Å². The number of hydrogen-bond donors (Lipinski definition) is 1. The highest BCUT2D eigenvalue weighted by Crippen LogP contribution is 2.26. The maximum Gasteiger partial charge on any atom is 0.247 e. The lowest BCUT2D eigenvalue weighted by molar-refractivity contribution is -0.121. The van der Waals surface area contributed by atoms with Crippen molar-refractivity contribution in [2.45, 2.75) is 12.5 Å². The Morgan fingerprint density at radius 1 is 1.00 bits per heavy atom. The lowest BCUT2D eigenvalue weighted by atomic mass is 10.1. The molecule has 6 nitrogen and oxygen atoms in total. The third-order valence-electron chi connectivity index (χ3n) is 4.74. The number of methoxy groups -OCH3 is 1. The summed E-state index contributed by atoms with van der Waals surface area (Å²) in [5.74, 6) is 1.25. The Kier molecular flexibility index (Phi) is 6.29. The van der Waals surface area contributed by atoms with E-state index in [1.54, 1.807) is 19.2 Å². The minimum Gasteiger partial charge on any atom is -0.497 e. The van der Waals surface area contributed by atoms with E-state index in [0.29, 0.717) is 16.8 Å². The van der Waals surface area contributed by atoms with Gasteiger partial charge in [0.15, 0.2) is 0 Å². The minimum absolute atomic E-state index is 0.176. The molecule has 0 aliphatic heterocycles. The van der Waals surface area contributed by atoms with Crippen LogP contribution < -0.4 is 10.1 Å². The highest BCUT2D eigenvalue weighted by molar-refractivity contribution is 6.30. The summed E-state index contributed by atoms with van der Waals surface area (Å²) in [6.07, 6.45) is 0.202. The number of halogens is 1. The second kappa shape index (κ2) is 9.45. The lowest BCUT2D eigenvalue weighted by Crippen LogP contribution is -2.30. The Bertz CT molecular complexity index is 1140. The van der Waals surface area contributed by atoms with Crippen LogP contribution in [0.3, 0.4) is 0 Å². The number of aromatic nitrogens is 2. The van der Waals surface area contributed by atoms with Gasteiger partial charge in [-0.3, -0.25) is 4.79 Å². The zero-order valence-electron chi connectivity index (χ0n) is 16.8. The van der Waals surface area contributed by atoms with Crippen LogP contribution in [-0.4, -0.2) is 23.2 Å². The van der Waals surface area contributed by atoms with Crippen LogP contribution in [0.2, 0.25) is 5.02 Å². The molecule has 4 aromatic rings. The van der Waals surface area contributed by atoms with Crippen LogP contribution in [0.4, 0.5) is 0 Å². The Morgan fingerprint density at radius 3 is 2.39 bits per heavy atom. The molecule has 0 bridgehead atoms. The molecular weight excluding hydrogens is 414 g/mol. The number of amides is 1. The summed E-state index contributed by atoms with van der Waals surface area (Å²) >= 11 is 6.04. The Balaban J connectivity index is 1.58. The number of rotatable bonds is 7. The molecule has 0 saturated heterocycles. The molecular formula is C24H20ClN3O3. The average molecular weight is 434 g/mol. The largest absolute Gasteiger partial charge is 0.497 e. The van der Waals surface area contributed by atoms with Crippen molar-refractivity contribution in [2.24, 2.45) is 0 Å². The molecule has 0 fully saturated rings. The number of nitrogens with zero attached hydrogens (tertiary/aromatic N) is 2. The van der Waals surface area contributed by atoms with Gasteiger partial charge in [0.1, 0.15) is 11.8 Å². The van der Waals surface area contributed by atoms with E-state index < -0.39 is 6.04 Å². The van der Waals surface area contributed by atoms with Crippen LogP contribution in [0, 0.1) is 0 Å². The highest BCUT2D eigenvalue weighted by atomic mass is 35.5. The van der Waals surface area contributed by atoms with Crippen molar-refractivity contribution in [2.75, 3.05) is 7.11 Å². The minimum atomic E-state index is -0.604. The molecule has 1 N–H and O–H groups in total. The van der Waals surface area contributed by atoms with E-state index in [0.717, 1.165) is 22.4 Å². The van der Waals surface area contributed by atoms with Gasteiger partial charge in [-0.2, -0.15) is 0 Å². The molecule has 0 aliphatic rings. The average Bonchev–Trinajstić information content (AvgIpc) is 3.29. The molecule has 0 saturated carbocycles. The van der Waals surface area contributed by atoms with Gasteiger partial charge in [-0.05, 0) is 47.5 Å². The maximum absolute atomic E-state index is 12.8. The van der Waals surface area contributed by atoms with Gasteiger partial charge in [0.25, 0.3) is 0 Å². The zero-order valence-corrected chi connectivity index (χ0v) is 17.5. The molecule has 0 aliphatic carbocycles. The summed E-state index contributed by atoms with van der Waals surface area (Å²) in [6, 6.07) is 23.4. The molecule has 4 rings (SSSR count). The number of hydrogen-bond acceptors (Lipinski definition) is 5. The van der Waals surface area contributed by atoms with Crippen molar-refractivity contribution in [1.82, 2.24) is 15.5 Å². The van der Waals surface area contributed by atoms with Crippen LogP contribution in [-0.2, 0) is 11.2 Å². The summed E-state index contributed by atoms with van der Waals surface area (Å²) in [4.78, 5) is 12.8. The Morgan fingerprint density at radius 2 is 1.71 bits per heavy atom. The van der Waals surface area contributed by atoms with Crippen LogP contribution in [0.25, 0.3) is 11.5 Å². The molecule has 1 atom stereocenters. The van der Waals surface area contributed by atoms with E-state index in [1.165, 1.54) is 0 Å². The maximum atomic E-state index is 12.8. The van der Waals surface area contributed by atoms with Crippen LogP contribution in [0.5, 0.6) is 5.75 Å². The summed E-state index contributed by atoms with van der Waals surface area (Å²) in [5.41, 5.74) is 2.46. The Labute approximate surface area is 184 Å². The normalized spacial score (nSPS) is 11.7. The molecule has 1 aromatic heterocycles. The number of benzene rings is 3. The quantitative estimate of drug-likeness (QED) is 0.451. The first kappa shape index (κ1) is 20.6. The van der Waals surface area contributed by atoms with Gasteiger partial charge in [-0.1, -0.05) is 54.1 Å². The molecule has 156 valence electrons. The third kappa shape index (κ3) is 5.10. The second-order valence-electron chi connectivity index (χ2n) is 6.89. The van der Waals surface area contributed by atoms with Gasteiger partial charge >= 0.3 is 0 Å². The van der Waals surface area contributed by atoms with Gasteiger partial charge in [0.05, 0.1) is 13.5 Å². The Hall–Kier alpha value is -3.64. The molecule has 31 heavy (non-hydrogen) atoms. The third-order valence-corrected chi connectivity index (χ3v) is 4.99. The van der Waals surface area contributed by atoms with E-state index in [-0.39, 0.29) is 12.3 Å². The van der Waals surface area contributed by atoms with E-state index in [9.17, 15) is 4.79 Å². The summed E-state index contributed by atoms with van der Waals surface area (Å²) < 4.78 is 11.1. The number of ether oxygens (including phenoxy) is 1. The van der Waals surface area contributed by atoms with Gasteiger partial charge < -0.3 is 14.5 Å². The fourth-order valence-corrected chi connectivity index (χ4v) is 3.26. The van der Waals surface area contributed by atoms with Crippen molar-refractivity contribution < 1.29 is 13.9 Å². The van der Waals surface area contributed by atoms with Crippen molar-refractivity contribution in [3.63, 3.8) is 0 Å². The van der Waals surface area contributed by atoms with E-state index in [1.807, 2.05) is 66.7 Å². The zero-order chi connectivity index (χ0) is 21.6. The van der Waals surface area contributed by atoms with Crippen molar-refractivity contribution >= 4 is 17.5 Å². The van der Waals surface area contributed by atoms with Crippen molar-refractivity contribution in [3.8, 4) is 17.2 Å². The molecule has 7 heteroatoms. The summed E-state index contributed by atoms with van der Waals surface area (Å²) in [5, 5.41) is 11.9. The predicted molar refractivity (Wildman–Crippen MR) is 118 cm³/mol. The topological polar surface area (TPSA) is 77.2 Å². The number of carbonyl (C=O) groups is 1. The first-order valence-electron chi connectivity index (χ1n) is 9.69. The molecule has 1 amide bonds. The molecule has 0 unspecified atom stereocenters. The van der Waals surface area contributed by atoms with E-state index in [4.69, 9.17) is 20.8 Å². The molecule has 0 radical (unpaired) electrons. The second-order valence-corrected chi connectivity index (χ2v) is 7.32. The fraction of sp³-hybridized carbons (Fsp3) is 0.125. The van der Waals surface area contributed by atoms with Gasteiger partial charge in [0.2, 0.25) is 17.7 Å². The number of nitrogens with one attached hydrogen (secondary N) is 1. The molecule has 1 heterocycles. The van der Waals surface area contributed by atoms with Crippen LogP contribution in [0.15, 0.2) is 83.3 Å². The molecule has 0 spiro atoms. The van der Waals surface area contributed by atoms with E-state index >= 15 is 0 Å². The fourth-order valence-electron chi connectivity index (χ4n) is 3.13. The lowest BCUT2D eigenvalue weighted by Gasteiger charge is -2.16. The van der Waals surface area contributed by atoms with Gasteiger partial charge in [-0.15, -0.1) is 10.2 Å². The standard InChI is InChI=1S/C24H20ClN3O3/c1-30-20-13-7-16(8-14-20)15-21(29)26-22(17-9-11-19(25)12-10-17)24-28-27-23(31-24)18-5-3-2-4-6-18/h2-14,22H,15H2,1H3,(H,26,29)/t22-/m1/s1. The number of carbonyl (C=O) groups excluding carboxylic acids is 1. The summed E-state index contributed by atoms with van der Waals surface area (Å²) in [6.45, 7) is 0. The van der Waals surface area contributed by atoms with Gasteiger partial charge in [0, 0.05) is 10.6 Å². The van der Waals surface area contributed by atoms with Crippen LogP contribution >= 0.6 is 11.6 Å². The van der Waals surface area contributed by atoms with Crippen LogP contribution in [0.1, 0.15) is 23.1 Å². The van der Waals surface area contributed by atoms with Crippen molar-refractivity contribution in [1.29, 1.82) is 0 Å². The monoisotopic (exact) mass is 433 g/mol. The smallest absolute Gasteiger partial charge is 0.247 e. The highest BCUT2D eigenvalue weighted by Gasteiger charge is 2.23. The van der Waals surface area contributed by atoms with Crippen molar-refractivity contribution in [3.05, 3.63) is 101 Å². The first-order chi connectivity index (χ1) is 15.1. The van der Waals surface area contributed by atoms with Gasteiger partial charge in [-0.25, -0.2) is 0 Å². The summed E-state index contributed by atoms with van der Waals surface area (Å²) in [7, 11) is 1.60. The SMILES string of the molecule is COc1ccc(CC(=O)N[C@H](c2ccc(Cl)cc2)c2nnc(-c3ccccc3)o2)cc1.